The van der Waals surface area contributed by atoms with Crippen LogP contribution < -0.4 is 5.73 Å². The Kier molecular flexibility index (Phi) is 2.64. The molecule has 0 spiro atoms. The molecular weight excluding hydrogens is 234 g/mol. The Labute approximate surface area is 103 Å². The maximum atomic E-state index is 10.2. The van der Waals surface area contributed by atoms with Gasteiger partial charge in [0.1, 0.15) is 11.8 Å². The van der Waals surface area contributed by atoms with Crippen molar-refractivity contribution in [3.8, 4) is 0 Å². The molecule has 1 fully saturated rings. The van der Waals surface area contributed by atoms with Crippen molar-refractivity contribution >= 4 is 17.0 Å². The molecule has 0 saturated heterocycles. The number of nitrogen functional groups attached to an aromatic ring is 1. The topological polar surface area (TPSA) is 110 Å². The lowest BCUT2D eigenvalue weighted by atomic mass is 10.1. The van der Waals surface area contributed by atoms with Gasteiger partial charge in [-0.15, -0.1) is 0 Å². The van der Waals surface area contributed by atoms with Crippen LogP contribution in [0.3, 0.4) is 0 Å². The lowest BCUT2D eigenvalue weighted by Gasteiger charge is -2.19. The monoisotopic (exact) mass is 249 g/mol. The largest absolute Gasteiger partial charge is 0.396 e. The molecule has 7 heteroatoms. The van der Waals surface area contributed by atoms with E-state index < -0.39 is 6.10 Å². The second kappa shape index (κ2) is 4.18. The number of fused-ring (bicyclic) bond motifs is 1. The molecule has 0 aromatic carbocycles. The minimum absolute atomic E-state index is 0.00141. The smallest absolute Gasteiger partial charge is 0.165 e. The summed E-state index contributed by atoms with van der Waals surface area (Å²) in [5.74, 6) is 0.261. The number of nitrogens with zero attached hydrogens (tertiary/aromatic N) is 4. The highest BCUT2D eigenvalue weighted by Gasteiger charge is 2.36. The van der Waals surface area contributed by atoms with E-state index in [-0.39, 0.29) is 18.6 Å². The number of imidazole rings is 1. The van der Waals surface area contributed by atoms with Crippen LogP contribution in [0.4, 0.5) is 5.82 Å². The van der Waals surface area contributed by atoms with Crippen molar-refractivity contribution in [3.63, 3.8) is 0 Å². The molecule has 2 heterocycles. The third-order valence-corrected chi connectivity index (χ3v) is 3.69. The molecule has 3 atom stereocenters. The summed E-state index contributed by atoms with van der Waals surface area (Å²) in [6.45, 7) is 0.00141. The minimum atomic E-state index is -0.580. The highest BCUT2D eigenvalue weighted by atomic mass is 16.3. The van der Waals surface area contributed by atoms with E-state index in [1.807, 2.05) is 4.57 Å². The predicted molar refractivity (Wildman–Crippen MR) is 64.6 cm³/mol. The zero-order chi connectivity index (χ0) is 12.7. The van der Waals surface area contributed by atoms with Crippen LogP contribution in [0.5, 0.6) is 0 Å². The average Bonchev–Trinajstić information content (AvgIpc) is 2.93. The molecule has 3 rings (SSSR count). The van der Waals surface area contributed by atoms with Gasteiger partial charge in [0.25, 0.3) is 0 Å². The zero-order valence-electron chi connectivity index (χ0n) is 9.77. The Morgan fingerprint density at radius 1 is 1.33 bits per heavy atom. The Hall–Kier alpha value is -1.73. The van der Waals surface area contributed by atoms with Crippen molar-refractivity contribution in [2.75, 3.05) is 12.3 Å². The lowest BCUT2D eigenvalue weighted by Crippen LogP contribution is -2.25. The lowest BCUT2D eigenvalue weighted by molar-refractivity contribution is 0.0650. The van der Waals surface area contributed by atoms with Gasteiger partial charge < -0.3 is 20.5 Å². The number of aromatic nitrogens is 4. The van der Waals surface area contributed by atoms with Gasteiger partial charge in [-0.1, -0.05) is 0 Å². The van der Waals surface area contributed by atoms with E-state index in [9.17, 15) is 10.2 Å². The van der Waals surface area contributed by atoms with Crippen molar-refractivity contribution < 1.29 is 10.2 Å². The number of hydrogen-bond donors (Lipinski definition) is 3. The third kappa shape index (κ3) is 1.55. The van der Waals surface area contributed by atoms with Crippen molar-refractivity contribution in [2.45, 2.75) is 25.0 Å². The molecule has 0 aliphatic heterocycles. The van der Waals surface area contributed by atoms with Crippen molar-refractivity contribution in [1.82, 2.24) is 19.5 Å². The van der Waals surface area contributed by atoms with Gasteiger partial charge in [-0.2, -0.15) is 0 Å². The van der Waals surface area contributed by atoms with E-state index in [0.29, 0.717) is 17.0 Å². The van der Waals surface area contributed by atoms with Crippen LogP contribution in [0.1, 0.15) is 18.9 Å². The summed E-state index contributed by atoms with van der Waals surface area (Å²) in [6, 6.07) is -0.110. The summed E-state index contributed by atoms with van der Waals surface area (Å²) in [4.78, 5) is 12.2. The van der Waals surface area contributed by atoms with E-state index in [1.54, 1.807) is 6.33 Å². The van der Waals surface area contributed by atoms with Gasteiger partial charge in [0, 0.05) is 12.5 Å². The van der Waals surface area contributed by atoms with Crippen LogP contribution in [0, 0.1) is 5.92 Å². The normalized spacial score (nSPS) is 28.0. The van der Waals surface area contributed by atoms with Crippen molar-refractivity contribution in [2.24, 2.45) is 5.92 Å². The number of nitrogens with two attached hydrogens (primary N) is 1. The van der Waals surface area contributed by atoms with E-state index in [0.717, 1.165) is 12.8 Å². The molecule has 2 aromatic heterocycles. The van der Waals surface area contributed by atoms with Gasteiger partial charge in [-0.25, -0.2) is 15.0 Å². The van der Waals surface area contributed by atoms with Crippen LogP contribution in [0.2, 0.25) is 0 Å². The van der Waals surface area contributed by atoms with E-state index in [2.05, 4.69) is 15.0 Å². The standard InChI is InChI=1S/C11H15N5O2/c12-10-8-11(14-4-13-10)16(5-15-8)7-2-1-6(3-17)9(7)18/h4-7,9,17-18H,1-3H2,(H2,12,13,14). The summed E-state index contributed by atoms with van der Waals surface area (Å²) in [5.41, 5.74) is 6.91. The number of rotatable bonds is 2. The first-order valence-corrected chi connectivity index (χ1v) is 5.94. The van der Waals surface area contributed by atoms with Crippen LogP contribution >= 0.6 is 0 Å². The Morgan fingerprint density at radius 3 is 2.89 bits per heavy atom. The van der Waals surface area contributed by atoms with E-state index >= 15 is 0 Å². The maximum Gasteiger partial charge on any atom is 0.165 e. The van der Waals surface area contributed by atoms with Gasteiger partial charge in [0.15, 0.2) is 11.5 Å². The van der Waals surface area contributed by atoms with Gasteiger partial charge >= 0.3 is 0 Å². The van der Waals surface area contributed by atoms with Crippen LogP contribution in [0.15, 0.2) is 12.7 Å². The average molecular weight is 249 g/mol. The highest BCUT2D eigenvalue weighted by molar-refractivity contribution is 5.81. The van der Waals surface area contributed by atoms with Crippen LogP contribution in [-0.4, -0.2) is 42.4 Å². The molecule has 2 aromatic rings. The predicted octanol–water partition coefficient (Wildman–Crippen LogP) is -0.287. The molecule has 18 heavy (non-hydrogen) atoms. The summed E-state index contributed by atoms with van der Waals surface area (Å²) in [5, 5.41) is 19.3. The number of aliphatic hydroxyl groups excluding tert-OH is 2. The molecule has 4 N–H and O–H groups in total. The maximum absolute atomic E-state index is 10.2. The number of aliphatic hydroxyl groups is 2. The van der Waals surface area contributed by atoms with Gasteiger partial charge in [0.2, 0.25) is 0 Å². The van der Waals surface area contributed by atoms with E-state index in [1.165, 1.54) is 6.33 Å². The summed E-state index contributed by atoms with van der Waals surface area (Å²) >= 11 is 0. The quantitative estimate of drug-likeness (QED) is 0.674. The molecule has 96 valence electrons. The van der Waals surface area contributed by atoms with Crippen molar-refractivity contribution in [3.05, 3.63) is 12.7 Å². The first-order valence-electron chi connectivity index (χ1n) is 5.94. The molecule has 7 nitrogen and oxygen atoms in total. The Balaban J connectivity index is 2.03. The molecule has 0 amide bonds. The number of hydrogen-bond acceptors (Lipinski definition) is 6. The second-order valence-corrected chi connectivity index (χ2v) is 4.66. The molecule has 0 bridgehead atoms. The first-order chi connectivity index (χ1) is 8.72. The fourth-order valence-corrected chi connectivity index (χ4v) is 2.66. The summed E-state index contributed by atoms with van der Waals surface area (Å²) in [6.07, 6.45) is 4.03. The SMILES string of the molecule is Nc1ncnc2c1ncn2C1CCC(CO)C1O. The fourth-order valence-electron chi connectivity index (χ4n) is 2.66. The molecule has 0 radical (unpaired) electrons. The molecular formula is C11H15N5O2. The van der Waals surface area contributed by atoms with Crippen LogP contribution in [0.25, 0.3) is 11.2 Å². The van der Waals surface area contributed by atoms with Gasteiger partial charge in [0.05, 0.1) is 18.5 Å². The minimum Gasteiger partial charge on any atom is -0.396 e. The van der Waals surface area contributed by atoms with Crippen molar-refractivity contribution in [1.29, 1.82) is 0 Å². The molecule has 1 saturated carbocycles. The summed E-state index contributed by atoms with van der Waals surface area (Å²) < 4.78 is 1.83. The zero-order valence-corrected chi connectivity index (χ0v) is 9.77. The first kappa shape index (κ1) is 11.4. The Morgan fingerprint density at radius 2 is 2.17 bits per heavy atom. The summed E-state index contributed by atoms with van der Waals surface area (Å²) in [7, 11) is 0. The Bertz CT molecular complexity index is 570. The van der Waals surface area contributed by atoms with Crippen LogP contribution in [-0.2, 0) is 0 Å². The number of anilines is 1. The molecule has 3 unspecified atom stereocenters. The fraction of sp³-hybridized carbons (Fsp3) is 0.545. The van der Waals surface area contributed by atoms with E-state index in [4.69, 9.17) is 5.73 Å². The highest BCUT2D eigenvalue weighted by Crippen LogP contribution is 2.36. The third-order valence-electron chi connectivity index (χ3n) is 3.69. The van der Waals surface area contributed by atoms with Gasteiger partial charge in [-0.05, 0) is 12.8 Å². The molecule has 1 aliphatic rings. The molecule has 1 aliphatic carbocycles. The van der Waals surface area contributed by atoms with Gasteiger partial charge in [-0.3, -0.25) is 0 Å². The second-order valence-electron chi connectivity index (χ2n) is 4.66.